The second-order valence-corrected chi connectivity index (χ2v) is 7.20. The van der Waals surface area contributed by atoms with Crippen molar-refractivity contribution in [1.29, 1.82) is 0 Å². The minimum absolute atomic E-state index is 0.217. The monoisotopic (exact) mass is 384 g/mol. The minimum atomic E-state index is -0.596. The first-order valence-corrected chi connectivity index (χ1v) is 8.19. The van der Waals surface area contributed by atoms with Gasteiger partial charge in [0.25, 0.3) is 0 Å². The van der Waals surface area contributed by atoms with Gasteiger partial charge in [-0.3, -0.25) is 9.69 Å². The predicted octanol–water partition coefficient (Wildman–Crippen LogP) is 2.76. The molecule has 2 rings (SSSR count). The molecule has 1 aliphatic heterocycles. The normalized spacial score (nSPS) is 17.9. The van der Waals surface area contributed by atoms with E-state index < -0.39 is 17.7 Å². The van der Waals surface area contributed by atoms with Gasteiger partial charge in [-0.05, 0) is 61.7 Å². The summed E-state index contributed by atoms with van der Waals surface area (Å²) in [5.41, 5.74) is 5.61. The molecule has 0 radical (unpaired) electrons. The van der Waals surface area contributed by atoms with Gasteiger partial charge in [-0.1, -0.05) is 0 Å². The van der Waals surface area contributed by atoms with Gasteiger partial charge in [0, 0.05) is 6.54 Å². The Bertz CT molecular complexity index is 615. The predicted molar refractivity (Wildman–Crippen MR) is 90.9 cm³/mol. The molecule has 0 saturated carbocycles. The average Bonchev–Trinajstić information content (AvgIpc) is 2.89. The van der Waals surface area contributed by atoms with Crippen LogP contribution in [0.15, 0.2) is 16.7 Å². The van der Waals surface area contributed by atoms with E-state index in [1.54, 1.807) is 32.9 Å². The van der Waals surface area contributed by atoms with Crippen molar-refractivity contribution in [3.63, 3.8) is 0 Å². The highest BCUT2D eigenvalue weighted by atomic mass is 79.9. The summed E-state index contributed by atoms with van der Waals surface area (Å²) in [7, 11) is 0. The molecule has 1 aromatic rings. The third-order valence-corrected chi connectivity index (χ3v) is 3.77. The van der Waals surface area contributed by atoms with Gasteiger partial charge in [-0.15, -0.1) is 0 Å². The summed E-state index contributed by atoms with van der Waals surface area (Å²) in [5.74, 6) is -0.0706. The maximum absolute atomic E-state index is 12.5. The van der Waals surface area contributed by atoms with Gasteiger partial charge in [0.2, 0.25) is 5.91 Å². The second-order valence-electron chi connectivity index (χ2n) is 6.39. The summed E-state index contributed by atoms with van der Waals surface area (Å²) in [6.07, 6.45) is 0.873. The number of hydrogen-bond donors (Lipinski definition) is 2. The molecule has 2 heterocycles. The molecule has 23 heavy (non-hydrogen) atoms. The molecule has 2 amide bonds. The quantitative estimate of drug-likeness (QED) is 0.763. The van der Waals surface area contributed by atoms with Crippen LogP contribution in [0.1, 0.15) is 33.6 Å². The number of carbonyl (C=O) groups is 2. The van der Waals surface area contributed by atoms with E-state index in [2.05, 4.69) is 26.2 Å². The highest BCUT2D eigenvalue weighted by molar-refractivity contribution is 9.10. The van der Waals surface area contributed by atoms with Gasteiger partial charge in [0.15, 0.2) is 0 Å². The lowest BCUT2D eigenvalue weighted by molar-refractivity contribution is -0.120. The molecule has 3 N–H and O–H groups in total. The van der Waals surface area contributed by atoms with Crippen LogP contribution in [0.5, 0.6) is 0 Å². The molecule has 1 aromatic heterocycles. The summed E-state index contributed by atoms with van der Waals surface area (Å²) < 4.78 is 5.94. The van der Waals surface area contributed by atoms with Crippen molar-refractivity contribution in [2.75, 3.05) is 17.6 Å². The molecule has 7 nitrogen and oxygen atoms in total. The molecule has 0 aliphatic carbocycles. The Hall–Kier alpha value is -1.83. The first-order chi connectivity index (χ1) is 10.7. The number of nitrogens with one attached hydrogen (secondary N) is 1. The van der Waals surface area contributed by atoms with E-state index in [0.717, 1.165) is 6.42 Å². The molecule has 8 heteroatoms. The lowest BCUT2D eigenvalue weighted by Crippen LogP contribution is -2.45. The molecule has 1 atom stereocenters. The number of aromatic nitrogens is 1. The number of likely N-dealkylation sites (tertiary alicyclic amines) is 1. The Morgan fingerprint density at radius 1 is 1.43 bits per heavy atom. The Morgan fingerprint density at radius 2 is 2.13 bits per heavy atom. The van der Waals surface area contributed by atoms with Crippen LogP contribution >= 0.6 is 15.9 Å². The van der Waals surface area contributed by atoms with Gasteiger partial charge in [0.1, 0.15) is 22.1 Å². The summed E-state index contributed by atoms with van der Waals surface area (Å²) in [5, 5.41) is 2.73. The maximum atomic E-state index is 12.5. The van der Waals surface area contributed by atoms with Gasteiger partial charge in [-0.25, -0.2) is 9.78 Å². The molecule has 1 saturated heterocycles. The standard InChI is InChI=1S/C15H21BrN4O3/c1-15(2,3)23-14(22)20-8-4-5-10(20)13(21)18-9-6-7-11(16)19-12(9)17/h6-7,10H,4-5,8H2,1-3H3,(H2,17,19)(H,18,21)/t10-/m1/s1. The van der Waals surface area contributed by atoms with Gasteiger partial charge in [-0.2, -0.15) is 0 Å². The number of carbonyl (C=O) groups excluding carboxylic acids is 2. The summed E-state index contributed by atoms with van der Waals surface area (Å²) in [6, 6.07) is 2.79. The van der Waals surface area contributed by atoms with E-state index in [-0.39, 0.29) is 11.7 Å². The molecule has 0 bridgehead atoms. The van der Waals surface area contributed by atoms with Crippen molar-refractivity contribution < 1.29 is 14.3 Å². The number of nitrogens with two attached hydrogens (primary N) is 1. The van der Waals surface area contributed by atoms with Crippen molar-refractivity contribution in [2.24, 2.45) is 0 Å². The zero-order valence-corrected chi connectivity index (χ0v) is 15.0. The van der Waals surface area contributed by atoms with Crippen LogP contribution in [0.3, 0.4) is 0 Å². The largest absolute Gasteiger partial charge is 0.444 e. The summed E-state index contributed by atoms with van der Waals surface area (Å²) >= 11 is 3.21. The van der Waals surface area contributed by atoms with E-state index >= 15 is 0 Å². The SMILES string of the molecule is CC(C)(C)OC(=O)N1CCC[C@@H]1C(=O)Nc1ccc(Br)nc1N. The molecular weight excluding hydrogens is 364 g/mol. The number of pyridine rings is 1. The van der Waals surface area contributed by atoms with Crippen LogP contribution in [0.25, 0.3) is 0 Å². The smallest absolute Gasteiger partial charge is 0.410 e. The molecule has 1 aliphatic rings. The fourth-order valence-electron chi connectivity index (χ4n) is 2.35. The van der Waals surface area contributed by atoms with E-state index in [9.17, 15) is 9.59 Å². The van der Waals surface area contributed by atoms with Crippen molar-refractivity contribution in [3.05, 3.63) is 16.7 Å². The maximum Gasteiger partial charge on any atom is 0.410 e. The van der Waals surface area contributed by atoms with Crippen molar-refractivity contribution in [3.8, 4) is 0 Å². The minimum Gasteiger partial charge on any atom is -0.444 e. The van der Waals surface area contributed by atoms with E-state index in [4.69, 9.17) is 10.5 Å². The highest BCUT2D eigenvalue weighted by Gasteiger charge is 2.36. The van der Waals surface area contributed by atoms with Crippen molar-refractivity contribution >= 4 is 39.4 Å². The molecule has 0 unspecified atom stereocenters. The zero-order chi connectivity index (χ0) is 17.2. The lowest BCUT2D eigenvalue weighted by atomic mass is 10.2. The van der Waals surface area contributed by atoms with Crippen LogP contribution in [-0.4, -0.2) is 40.1 Å². The lowest BCUT2D eigenvalue weighted by Gasteiger charge is -2.28. The molecule has 0 aromatic carbocycles. The van der Waals surface area contributed by atoms with Gasteiger partial charge >= 0.3 is 6.09 Å². The number of halogens is 1. The van der Waals surface area contributed by atoms with Crippen LogP contribution < -0.4 is 11.1 Å². The Morgan fingerprint density at radius 3 is 2.74 bits per heavy atom. The summed E-state index contributed by atoms with van der Waals surface area (Å²) in [4.78, 5) is 30.2. The number of ether oxygens (including phenoxy) is 1. The first kappa shape index (κ1) is 17.5. The Labute approximate surface area is 143 Å². The van der Waals surface area contributed by atoms with E-state index in [1.165, 1.54) is 4.90 Å². The first-order valence-electron chi connectivity index (χ1n) is 7.40. The van der Waals surface area contributed by atoms with E-state index in [0.29, 0.717) is 23.3 Å². The third kappa shape index (κ3) is 4.57. The fourth-order valence-corrected chi connectivity index (χ4v) is 2.67. The molecule has 126 valence electrons. The highest BCUT2D eigenvalue weighted by Crippen LogP contribution is 2.24. The van der Waals surface area contributed by atoms with Crippen LogP contribution in [0, 0.1) is 0 Å². The Kier molecular flexibility index (Phi) is 5.13. The van der Waals surface area contributed by atoms with Crippen LogP contribution in [-0.2, 0) is 9.53 Å². The van der Waals surface area contributed by atoms with Crippen molar-refractivity contribution in [2.45, 2.75) is 45.3 Å². The average molecular weight is 385 g/mol. The molecule has 0 spiro atoms. The number of rotatable bonds is 2. The zero-order valence-electron chi connectivity index (χ0n) is 13.4. The Balaban J connectivity index is 2.07. The van der Waals surface area contributed by atoms with Gasteiger partial charge in [0.05, 0.1) is 5.69 Å². The van der Waals surface area contributed by atoms with Crippen LogP contribution in [0.2, 0.25) is 0 Å². The van der Waals surface area contributed by atoms with Crippen LogP contribution in [0.4, 0.5) is 16.3 Å². The van der Waals surface area contributed by atoms with Gasteiger partial charge < -0.3 is 15.8 Å². The molecular formula is C15H21BrN4O3. The van der Waals surface area contributed by atoms with Crippen molar-refractivity contribution in [1.82, 2.24) is 9.88 Å². The van der Waals surface area contributed by atoms with E-state index in [1.807, 2.05) is 0 Å². The number of nitrogen functional groups attached to an aromatic ring is 1. The number of hydrogen-bond acceptors (Lipinski definition) is 5. The fraction of sp³-hybridized carbons (Fsp3) is 0.533. The number of nitrogens with zero attached hydrogens (tertiary/aromatic N) is 2. The molecule has 1 fully saturated rings. The second kappa shape index (κ2) is 6.74. The number of amides is 2. The summed E-state index contributed by atoms with van der Waals surface area (Å²) in [6.45, 7) is 5.89. The third-order valence-electron chi connectivity index (χ3n) is 3.33. The topological polar surface area (TPSA) is 97.5 Å². The number of anilines is 2.